The van der Waals surface area contributed by atoms with E-state index >= 15 is 0 Å². The van der Waals surface area contributed by atoms with E-state index in [9.17, 15) is 21.6 Å². The van der Waals surface area contributed by atoms with Crippen molar-refractivity contribution in [2.24, 2.45) is 0 Å². The van der Waals surface area contributed by atoms with Crippen LogP contribution in [0.5, 0.6) is 11.5 Å². The van der Waals surface area contributed by atoms with Crippen molar-refractivity contribution < 1.29 is 26.3 Å². The number of hydrogen-bond acceptors (Lipinski definition) is 8. The monoisotopic (exact) mass is 623 g/mol. The fraction of sp³-hybridized carbons (Fsp3) is 0.429. The minimum atomic E-state index is -3.55. The second kappa shape index (κ2) is 10.2. The van der Waals surface area contributed by atoms with Crippen molar-refractivity contribution in [3.8, 4) is 11.5 Å². The summed E-state index contributed by atoms with van der Waals surface area (Å²) in [6.45, 7) is 2.09. The molecule has 0 spiro atoms. The van der Waals surface area contributed by atoms with Gasteiger partial charge in [-0.3, -0.25) is 9.13 Å². The Bertz CT molecular complexity index is 1480. The van der Waals surface area contributed by atoms with Crippen molar-refractivity contribution in [1.82, 2.24) is 14.1 Å². The SMILES string of the molecule is CCOc1cc([C@@H](CS(C)(=O)=O)n2c(=O)n(CCS(C)(=O)=O)c3cc(I)cnc32)ccc1OC. The van der Waals surface area contributed by atoms with E-state index in [2.05, 4.69) is 27.6 Å². The molecule has 0 aliphatic heterocycles. The van der Waals surface area contributed by atoms with Gasteiger partial charge in [0, 0.05) is 28.8 Å². The second-order valence-corrected chi connectivity index (χ2v) is 13.6. The molecule has 0 aliphatic carbocycles. The molecule has 1 aromatic carbocycles. The van der Waals surface area contributed by atoms with E-state index in [-0.39, 0.29) is 23.7 Å². The van der Waals surface area contributed by atoms with Crippen molar-refractivity contribution in [1.29, 1.82) is 0 Å². The Kier molecular flexibility index (Phi) is 7.97. The lowest BCUT2D eigenvalue weighted by molar-refractivity contribution is 0.310. The van der Waals surface area contributed by atoms with Crippen LogP contribution in [0.1, 0.15) is 18.5 Å². The fourth-order valence-electron chi connectivity index (χ4n) is 3.66. The first-order chi connectivity index (χ1) is 15.8. The Morgan fingerprint density at radius 3 is 2.38 bits per heavy atom. The van der Waals surface area contributed by atoms with Gasteiger partial charge in [0.15, 0.2) is 17.1 Å². The number of sulfone groups is 2. The summed E-state index contributed by atoms with van der Waals surface area (Å²) in [5, 5.41) is 0. The normalized spacial score (nSPS) is 13.2. The number of aryl methyl sites for hydroxylation is 1. The molecule has 0 bridgehead atoms. The maximum atomic E-state index is 13.6. The highest BCUT2D eigenvalue weighted by atomic mass is 127. The standard InChI is InChI=1S/C21H26IN3O7S2/c1-5-32-19-10-14(6-7-18(19)31-2)17(13-34(4,29)30)25-20-16(11-15(22)12-23-20)24(21(25)26)8-9-33(3,27)28/h6-7,10-12,17H,5,8-9,13H2,1-4H3/t17-/m1/s1. The number of imidazole rings is 1. The van der Waals surface area contributed by atoms with Crippen LogP contribution in [-0.2, 0) is 26.2 Å². The van der Waals surface area contributed by atoms with Crippen LogP contribution in [0.3, 0.4) is 0 Å². The number of benzene rings is 1. The van der Waals surface area contributed by atoms with E-state index in [1.165, 1.54) is 16.2 Å². The summed E-state index contributed by atoms with van der Waals surface area (Å²) in [7, 11) is -5.40. The molecule has 3 aromatic rings. The van der Waals surface area contributed by atoms with Gasteiger partial charge >= 0.3 is 5.69 Å². The number of hydrogen-bond donors (Lipinski definition) is 0. The van der Waals surface area contributed by atoms with Crippen LogP contribution in [0.4, 0.5) is 0 Å². The number of fused-ring (bicyclic) bond motifs is 1. The molecule has 0 saturated carbocycles. The average Bonchev–Trinajstić information content (AvgIpc) is 3.00. The van der Waals surface area contributed by atoms with Crippen LogP contribution in [0.15, 0.2) is 35.3 Å². The molecular formula is C21H26IN3O7S2. The van der Waals surface area contributed by atoms with Gasteiger partial charge in [0.2, 0.25) is 0 Å². The molecule has 1 atom stereocenters. The zero-order chi connectivity index (χ0) is 25.3. The van der Waals surface area contributed by atoms with Crippen molar-refractivity contribution in [3.05, 3.63) is 50.1 Å². The molecule has 0 N–H and O–H groups in total. The summed E-state index contributed by atoms with van der Waals surface area (Å²) in [6.07, 6.45) is 3.76. The Hall–Kier alpha value is -2.13. The lowest BCUT2D eigenvalue weighted by Crippen LogP contribution is -2.32. The molecule has 13 heteroatoms. The van der Waals surface area contributed by atoms with Crippen molar-refractivity contribution >= 4 is 53.4 Å². The third-order valence-corrected chi connectivity index (χ3v) is 7.54. The molecule has 2 aromatic heterocycles. The first-order valence-electron chi connectivity index (χ1n) is 10.3. The molecule has 3 rings (SSSR count). The average molecular weight is 623 g/mol. The van der Waals surface area contributed by atoms with Gasteiger partial charge in [-0.2, -0.15) is 0 Å². The number of aromatic nitrogens is 3. The van der Waals surface area contributed by atoms with Crippen LogP contribution in [0.25, 0.3) is 11.2 Å². The predicted molar refractivity (Wildman–Crippen MR) is 138 cm³/mol. The van der Waals surface area contributed by atoms with Crippen LogP contribution in [0, 0.1) is 3.57 Å². The Balaban J connectivity index is 2.30. The van der Waals surface area contributed by atoms with Crippen LogP contribution >= 0.6 is 22.6 Å². The lowest BCUT2D eigenvalue weighted by atomic mass is 10.1. The molecule has 0 radical (unpaired) electrons. The topological polar surface area (TPSA) is 127 Å². The number of pyridine rings is 1. The van der Waals surface area contributed by atoms with Crippen molar-refractivity contribution in [3.63, 3.8) is 0 Å². The maximum absolute atomic E-state index is 13.6. The molecule has 10 nitrogen and oxygen atoms in total. The predicted octanol–water partition coefficient (Wildman–Crippen LogP) is 1.89. The van der Waals surface area contributed by atoms with Gasteiger partial charge in [0.05, 0.1) is 36.8 Å². The highest BCUT2D eigenvalue weighted by Crippen LogP contribution is 2.33. The highest BCUT2D eigenvalue weighted by molar-refractivity contribution is 14.1. The Morgan fingerprint density at radius 1 is 1.09 bits per heavy atom. The number of rotatable bonds is 10. The molecule has 0 aliphatic rings. The molecule has 0 fully saturated rings. The Morgan fingerprint density at radius 2 is 1.79 bits per heavy atom. The second-order valence-electron chi connectivity index (χ2n) is 7.88. The number of methoxy groups -OCH3 is 1. The van der Waals surface area contributed by atoms with E-state index < -0.39 is 31.4 Å². The summed E-state index contributed by atoms with van der Waals surface area (Å²) in [6, 6.07) is 5.77. The van der Waals surface area contributed by atoms with Crippen LogP contribution in [0.2, 0.25) is 0 Å². The minimum absolute atomic E-state index is 0.0820. The van der Waals surface area contributed by atoms with Crippen LogP contribution < -0.4 is 15.2 Å². The maximum Gasteiger partial charge on any atom is 0.330 e. The first kappa shape index (κ1) is 26.5. The number of halogens is 1. The van der Waals surface area contributed by atoms with E-state index in [4.69, 9.17) is 9.47 Å². The molecule has 34 heavy (non-hydrogen) atoms. The summed E-state index contributed by atoms with van der Waals surface area (Å²) in [4.78, 5) is 18.0. The van der Waals surface area contributed by atoms with Gasteiger partial charge in [0.1, 0.15) is 19.7 Å². The zero-order valence-electron chi connectivity index (χ0n) is 19.2. The third-order valence-electron chi connectivity index (χ3n) is 5.10. The van der Waals surface area contributed by atoms with E-state index in [0.29, 0.717) is 29.2 Å². The summed E-state index contributed by atoms with van der Waals surface area (Å²) in [5.41, 5.74) is 0.661. The molecular weight excluding hydrogens is 597 g/mol. The van der Waals surface area contributed by atoms with Crippen molar-refractivity contribution in [2.45, 2.75) is 19.5 Å². The summed E-state index contributed by atoms with van der Waals surface area (Å²) < 4.78 is 62.7. The zero-order valence-corrected chi connectivity index (χ0v) is 23.0. The van der Waals surface area contributed by atoms with Crippen molar-refractivity contribution in [2.75, 3.05) is 37.7 Å². The third kappa shape index (κ3) is 6.10. The fourth-order valence-corrected chi connectivity index (χ4v) is 5.52. The largest absolute Gasteiger partial charge is 0.493 e. The van der Waals surface area contributed by atoms with Gasteiger partial charge in [-0.05, 0) is 53.3 Å². The lowest BCUT2D eigenvalue weighted by Gasteiger charge is -2.20. The first-order valence-corrected chi connectivity index (χ1v) is 15.5. The van der Waals surface area contributed by atoms with Gasteiger partial charge in [0.25, 0.3) is 0 Å². The van der Waals surface area contributed by atoms with Gasteiger partial charge < -0.3 is 9.47 Å². The molecule has 0 unspecified atom stereocenters. The van der Waals surface area contributed by atoms with Gasteiger partial charge in [-0.1, -0.05) is 6.07 Å². The Labute approximate surface area is 211 Å². The van der Waals surface area contributed by atoms with Gasteiger partial charge in [-0.25, -0.2) is 26.6 Å². The summed E-state index contributed by atoms with van der Waals surface area (Å²) >= 11 is 2.05. The van der Waals surface area contributed by atoms with E-state index in [0.717, 1.165) is 16.1 Å². The molecule has 0 saturated heterocycles. The molecule has 0 amide bonds. The number of nitrogens with zero attached hydrogens (tertiary/aromatic N) is 3. The molecule has 2 heterocycles. The van der Waals surface area contributed by atoms with E-state index in [1.54, 1.807) is 30.5 Å². The number of ether oxygens (including phenoxy) is 2. The summed E-state index contributed by atoms with van der Waals surface area (Å²) in [5.74, 6) is 0.270. The van der Waals surface area contributed by atoms with E-state index in [1.807, 2.05) is 6.92 Å². The quantitative estimate of drug-likeness (QED) is 0.314. The molecule has 186 valence electrons. The smallest absolute Gasteiger partial charge is 0.330 e. The highest BCUT2D eigenvalue weighted by Gasteiger charge is 2.27. The van der Waals surface area contributed by atoms with Crippen LogP contribution in [-0.4, -0.2) is 68.7 Å². The minimum Gasteiger partial charge on any atom is -0.493 e. The van der Waals surface area contributed by atoms with Gasteiger partial charge in [-0.15, -0.1) is 0 Å².